The number of halogens is 1. The topological polar surface area (TPSA) is 40.5 Å². The molecule has 2 rings (SSSR count). The fourth-order valence-electron chi connectivity index (χ4n) is 2.15. The summed E-state index contributed by atoms with van der Waals surface area (Å²) in [5, 5.41) is 9.78. The second-order valence-electron chi connectivity index (χ2n) is 4.43. The zero-order valence-corrected chi connectivity index (χ0v) is 10.4. The van der Waals surface area contributed by atoms with E-state index in [-0.39, 0.29) is 18.4 Å². The molecule has 0 aromatic heterocycles. The van der Waals surface area contributed by atoms with Gasteiger partial charge in [0.1, 0.15) is 0 Å². The normalized spacial score (nSPS) is 20.0. The van der Waals surface area contributed by atoms with Crippen molar-refractivity contribution in [3.8, 4) is 0 Å². The van der Waals surface area contributed by atoms with E-state index in [4.69, 9.17) is 16.7 Å². The van der Waals surface area contributed by atoms with Crippen LogP contribution in [0.3, 0.4) is 0 Å². The third-order valence-electron chi connectivity index (χ3n) is 3.16. The molecule has 0 bridgehead atoms. The molecule has 0 spiro atoms. The molecule has 1 aliphatic rings. The van der Waals surface area contributed by atoms with Gasteiger partial charge in [-0.05, 0) is 18.1 Å². The number of likely N-dealkylation sites (tertiary alicyclic amines) is 1. The molecule has 1 unspecified atom stereocenters. The lowest BCUT2D eigenvalue weighted by atomic mass is 10.1. The maximum atomic E-state index is 11.6. The number of carbonyl (C=O) groups is 1. The van der Waals surface area contributed by atoms with Crippen LogP contribution in [0.4, 0.5) is 0 Å². The number of benzene rings is 1. The van der Waals surface area contributed by atoms with E-state index in [0.29, 0.717) is 19.5 Å². The predicted octanol–water partition coefficient (Wildman–Crippen LogP) is 1.72. The summed E-state index contributed by atoms with van der Waals surface area (Å²) in [6.45, 7) is 1.44. The van der Waals surface area contributed by atoms with Crippen molar-refractivity contribution in [3.05, 3.63) is 34.9 Å². The molecule has 0 aliphatic carbocycles. The largest absolute Gasteiger partial charge is 0.396 e. The van der Waals surface area contributed by atoms with Gasteiger partial charge >= 0.3 is 0 Å². The quantitative estimate of drug-likeness (QED) is 0.888. The summed E-state index contributed by atoms with van der Waals surface area (Å²) in [6, 6.07) is 7.68. The van der Waals surface area contributed by atoms with Gasteiger partial charge in [-0.15, -0.1) is 0 Å². The van der Waals surface area contributed by atoms with Gasteiger partial charge in [-0.1, -0.05) is 29.8 Å². The summed E-state index contributed by atoms with van der Waals surface area (Å²) < 4.78 is 0. The van der Waals surface area contributed by atoms with Crippen molar-refractivity contribution in [2.24, 2.45) is 5.92 Å². The molecular weight excluding hydrogens is 238 g/mol. The van der Waals surface area contributed by atoms with Crippen molar-refractivity contribution in [2.75, 3.05) is 19.7 Å². The Kier molecular flexibility index (Phi) is 4.02. The third kappa shape index (κ3) is 2.99. The molecule has 1 amide bonds. The number of carbonyl (C=O) groups excluding carboxylic acids is 1. The summed E-state index contributed by atoms with van der Waals surface area (Å²) in [7, 11) is 0. The number of nitrogens with zero attached hydrogens (tertiary/aromatic N) is 1. The lowest BCUT2D eigenvalue weighted by Gasteiger charge is -2.16. The third-order valence-corrected chi connectivity index (χ3v) is 3.53. The number of aliphatic hydroxyl groups excluding tert-OH is 1. The zero-order valence-electron chi connectivity index (χ0n) is 9.60. The van der Waals surface area contributed by atoms with Crippen LogP contribution in [0, 0.1) is 5.92 Å². The lowest BCUT2D eigenvalue weighted by molar-refractivity contribution is -0.127. The maximum absolute atomic E-state index is 11.6. The van der Waals surface area contributed by atoms with Crippen LogP contribution in [-0.2, 0) is 11.2 Å². The molecule has 0 radical (unpaired) electrons. The molecule has 1 aliphatic heterocycles. The number of hydrogen-bond donors (Lipinski definition) is 1. The van der Waals surface area contributed by atoms with E-state index in [1.165, 1.54) is 0 Å². The Bertz CT molecular complexity index is 408. The minimum absolute atomic E-state index is 0.0916. The van der Waals surface area contributed by atoms with Crippen molar-refractivity contribution in [2.45, 2.75) is 12.8 Å². The molecule has 3 nitrogen and oxygen atoms in total. The first-order chi connectivity index (χ1) is 8.20. The molecule has 4 heteroatoms. The van der Waals surface area contributed by atoms with E-state index in [1.807, 2.05) is 29.2 Å². The Hall–Kier alpha value is -1.06. The summed E-state index contributed by atoms with van der Waals surface area (Å²) >= 11 is 6.06. The SMILES string of the molecule is O=C1CC(CO)CN1CCc1ccccc1Cl. The summed E-state index contributed by atoms with van der Waals surface area (Å²) in [6.07, 6.45) is 1.24. The standard InChI is InChI=1S/C13H16ClNO2/c14-12-4-2-1-3-11(12)5-6-15-8-10(9-16)7-13(15)17/h1-4,10,16H,5-9H2. The molecular formula is C13H16ClNO2. The predicted molar refractivity (Wildman–Crippen MR) is 66.9 cm³/mol. The Morgan fingerprint density at radius 2 is 2.18 bits per heavy atom. The van der Waals surface area contributed by atoms with E-state index in [9.17, 15) is 4.79 Å². The lowest BCUT2D eigenvalue weighted by Crippen LogP contribution is -2.27. The molecule has 1 saturated heterocycles. The van der Waals surface area contributed by atoms with Crippen molar-refractivity contribution >= 4 is 17.5 Å². The van der Waals surface area contributed by atoms with Crippen molar-refractivity contribution in [1.82, 2.24) is 4.90 Å². The van der Waals surface area contributed by atoms with Crippen LogP contribution in [0.2, 0.25) is 5.02 Å². The minimum atomic E-state index is 0.0916. The van der Waals surface area contributed by atoms with Gasteiger partial charge in [0.2, 0.25) is 5.91 Å². The molecule has 1 aromatic rings. The Morgan fingerprint density at radius 3 is 2.82 bits per heavy atom. The van der Waals surface area contributed by atoms with E-state index < -0.39 is 0 Å². The highest BCUT2D eigenvalue weighted by Crippen LogP contribution is 2.20. The molecule has 1 fully saturated rings. The smallest absolute Gasteiger partial charge is 0.223 e. The molecule has 1 heterocycles. The number of aliphatic hydroxyl groups is 1. The van der Waals surface area contributed by atoms with Gasteiger partial charge in [0, 0.05) is 37.1 Å². The van der Waals surface area contributed by atoms with Crippen LogP contribution in [0.15, 0.2) is 24.3 Å². The van der Waals surface area contributed by atoms with Crippen molar-refractivity contribution in [1.29, 1.82) is 0 Å². The van der Waals surface area contributed by atoms with Crippen LogP contribution < -0.4 is 0 Å². The summed E-state index contributed by atoms with van der Waals surface area (Å²) in [5.41, 5.74) is 1.06. The van der Waals surface area contributed by atoms with Crippen LogP contribution >= 0.6 is 11.6 Å². The molecule has 1 N–H and O–H groups in total. The van der Waals surface area contributed by atoms with Crippen molar-refractivity contribution < 1.29 is 9.90 Å². The molecule has 0 saturated carbocycles. The fraction of sp³-hybridized carbons (Fsp3) is 0.462. The molecule has 17 heavy (non-hydrogen) atoms. The zero-order chi connectivity index (χ0) is 12.3. The molecule has 1 atom stereocenters. The van der Waals surface area contributed by atoms with E-state index in [2.05, 4.69) is 0 Å². The van der Waals surface area contributed by atoms with Gasteiger partial charge in [-0.2, -0.15) is 0 Å². The number of hydrogen-bond acceptors (Lipinski definition) is 2. The second kappa shape index (κ2) is 5.52. The monoisotopic (exact) mass is 253 g/mol. The van der Waals surface area contributed by atoms with Crippen LogP contribution in [0.5, 0.6) is 0 Å². The Labute approximate surface area is 106 Å². The Balaban J connectivity index is 1.91. The second-order valence-corrected chi connectivity index (χ2v) is 4.84. The highest BCUT2D eigenvalue weighted by atomic mass is 35.5. The van der Waals surface area contributed by atoms with Gasteiger partial charge in [-0.3, -0.25) is 4.79 Å². The average Bonchev–Trinajstić information content (AvgIpc) is 2.69. The molecule has 1 aromatic carbocycles. The van der Waals surface area contributed by atoms with E-state index in [0.717, 1.165) is 17.0 Å². The van der Waals surface area contributed by atoms with Crippen molar-refractivity contribution in [3.63, 3.8) is 0 Å². The first-order valence-corrected chi connectivity index (χ1v) is 6.20. The fourth-order valence-corrected chi connectivity index (χ4v) is 2.38. The molecule has 92 valence electrons. The van der Waals surface area contributed by atoms with Gasteiger partial charge in [-0.25, -0.2) is 0 Å². The first-order valence-electron chi connectivity index (χ1n) is 5.82. The number of rotatable bonds is 4. The van der Waals surface area contributed by atoms with Gasteiger partial charge in [0.25, 0.3) is 0 Å². The highest BCUT2D eigenvalue weighted by Gasteiger charge is 2.28. The van der Waals surface area contributed by atoms with Crippen LogP contribution in [-0.4, -0.2) is 35.6 Å². The highest BCUT2D eigenvalue weighted by molar-refractivity contribution is 6.31. The van der Waals surface area contributed by atoms with Gasteiger partial charge < -0.3 is 10.0 Å². The number of amides is 1. The minimum Gasteiger partial charge on any atom is -0.396 e. The first kappa shape index (κ1) is 12.4. The van der Waals surface area contributed by atoms with E-state index >= 15 is 0 Å². The average molecular weight is 254 g/mol. The van der Waals surface area contributed by atoms with Crippen LogP contribution in [0.25, 0.3) is 0 Å². The summed E-state index contributed by atoms with van der Waals surface area (Å²) in [5.74, 6) is 0.241. The van der Waals surface area contributed by atoms with Gasteiger partial charge in [0.15, 0.2) is 0 Å². The van der Waals surface area contributed by atoms with Gasteiger partial charge in [0.05, 0.1) is 0 Å². The maximum Gasteiger partial charge on any atom is 0.223 e. The van der Waals surface area contributed by atoms with E-state index in [1.54, 1.807) is 0 Å². The Morgan fingerprint density at radius 1 is 1.41 bits per heavy atom. The van der Waals surface area contributed by atoms with Crippen LogP contribution in [0.1, 0.15) is 12.0 Å². The summed E-state index contributed by atoms with van der Waals surface area (Å²) in [4.78, 5) is 13.4.